The van der Waals surface area contributed by atoms with Gasteiger partial charge in [-0.05, 0) is 0 Å². The van der Waals surface area contributed by atoms with Crippen LogP contribution in [-0.2, 0) is 4.74 Å². The first-order valence-corrected chi connectivity index (χ1v) is 5.65. The van der Waals surface area contributed by atoms with Crippen molar-refractivity contribution < 1.29 is 25.3 Å². The van der Waals surface area contributed by atoms with Crippen LogP contribution in [0.4, 0.5) is 5.82 Å². The van der Waals surface area contributed by atoms with Crippen LogP contribution in [0.25, 0.3) is 0 Å². The van der Waals surface area contributed by atoms with E-state index in [1.165, 1.54) is 0 Å². The first-order chi connectivity index (χ1) is 9.53. The Kier molecular flexibility index (Phi) is 4.03. The number of terminal acetylenes is 1. The molecular weight excluding hydrogens is 270 g/mol. The molecule has 0 aromatic carbocycles. The Bertz CT molecular complexity index is 595. The molecule has 0 radical (unpaired) electrons. The summed E-state index contributed by atoms with van der Waals surface area (Å²) in [6, 6.07) is 0. The second-order valence-corrected chi connectivity index (χ2v) is 4.18. The van der Waals surface area contributed by atoms with Crippen LogP contribution < -0.4 is 11.2 Å². The Morgan fingerprint density at radius 2 is 2.20 bits per heavy atom. The Balaban J connectivity index is 2.44. The summed E-state index contributed by atoms with van der Waals surface area (Å²) in [5, 5.41) is 37.3. The molecule has 20 heavy (non-hydrogen) atoms. The number of aliphatic hydroxyl groups is 3. The average Bonchev–Trinajstić information content (AvgIpc) is 2.74. The van der Waals surface area contributed by atoms with E-state index < -0.39 is 36.8 Å². The molecule has 1 aromatic heterocycles. The Morgan fingerprint density at radius 1 is 1.50 bits per heavy atom. The lowest BCUT2D eigenvalue weighted by Gasteiger charge is -2.17. The van der Waals surface area contributed by atoms with Crippen LogP contribution in [0.3, 0.4) is 0 Å². The molecule has 0 unspecified atom stereocenters. The van der Waals surface area contributed by atoms with Crippen LogP contribution in [0.1, 0.15) is 11.8 Å². The summed E-state index contributed by atoms with van der Waals surface area (Å²) in [6.45, 7) is -0.519. The topological polar surface area (TPSA) is 137 Å². The van der Waals surface area contributed by atoms with Crippen molar-refractivity contribution in [1.82, 2.24) is 9.55 Å². The van der Waals surface area contributed by atoms with E-state index in [4.69, 9.17) is 21.5 Å². The van der Waals surface area contributed by atoms with E-state index in [0.717, 1.165) is 10.8 Å². The standard InChI is InChI=1S/C11H13N3O6/c1-2-5-3-14(11(18)12-9(5)13-19)10-8(17)7(16)6(4-15)20-10/h1,3,6-8,10,15-17,19H,4H2,(H,12,13,18)/t6-,7-,8-,10-/m1/s1. The number of rotatable bonds is 3. The Morgan fingerprint density at radius 3 is 2.70 bits per heavy atom. The molecule has 9 nitrogen and oxygen atoms in total. The van der Waals surface area contributed by atoms with E-state index >= 15 is 0 Å². The van der Waals surface area contributed by atoms with Gasteiger partial charge in [-0.15, -0.1) is 6.42 Å². The molecule has 2 heterocycles. The summed E-state index contributed by atoms with van der Waals surface area (Å²) >= 11 is 0. The fourth-order valence-electron chi connectivity index (χ4n) is 1.95. The maximum absolute atomic E-state index is 11.8. The van der Waals surface area contributed by atoms with E-state index in [-0.39, 0.29) is 11.4 Å². The highest BCUT2D eigenvalue weighted by atomic mass is 16.6. The van der Waals surface area contributed by atoms with E-state index in [1.807, 2.05) is 0 Å². The number of hydrogen-bond acceptors (Lipinski definition) is 8. The fraction of sp³-hybridized carbons (Fsp3) is 0.455. The van der Waals surface area contributed by atoms with Gasteiger partial charge in [-0.25, -0.2) is 4.79 Å². The lowest BCUT2D eigenvalue weighted by atomic mass is 10.1. The van der Waals surface area contributed by atoms with Crippen molar-refractivity contribution in [2.75, 3.05) is 12.1 Å². The molecular formula is C11H13N3O6. The van der Waals surface area contributed by atoms with E-state index in [0.29, 0.717) is 0 Å². The van der Waals surface area contributed by atoms with Crippen LogP contribution in [0.15, 0.2) is 11.0 Å². The number of hydrogen-bond donors (Lipinski definition) is 5. The summed E-state index contributed by atoms with van der Waals surface area (Å²) in [5.74, 6) is 1.99. The van der Waals surface area contributed by atoms with Crippen LogP contribution >= 0.6 is 0 Å². The molecule has 2 rings (SSSR count). The van der Waals surface area contributed by atoms with Gasteiger partial charge in [0.2, 0.25) is 0 Å². The average molecular weight is 283 g/mol. The SMILES string of the molecule is C#Cc1cn([C@@H]2O[C@H](CO)[C@@H](O)[C@H]2O)c(=O)nc1NO. The van der Waals surface area contributed by atoms with Crippen LogP contribution in [0, 0.1) is 12.3 Å². The molecule has 108 valence electrons. The van der Waals surface area contributed by atoms with Crippen molar-refractivity contribution in [2.45, 2.75) is 24.5 Å². The van der Waals surface area contributed by atoms with E-state index in [1.54, 1.807) is 5.48 Å². The number of anilines is 1. The van der Waals surface area contributed by atoms with Crippen molar-refractivity contribution in [3.05, 3.63) is 22.2 Å². The summed E-state index contributed by atoms with van der Waals surface area (Å²) in [7, 11) is 0. The molecule has 4 atom stereocenters. The summed E-state index contributed by atoms with van der Waals surface area (Å²) in [4.78, 5) is 15.3. The molecule has 0 aliphatic carbocycles. The van der Waals surface area contributed by atoms with E-state index in [9.17, 15) is 15.0 Å². The van der Waals surface area contributed by atoms with Gasteiger partial charge in [-0.1, -0.05) is 5.92 Å². The molecule has 1 aliphatic rings. The first-order valence-electron chi connectivity index (χ1n) is 5.65. The monoisotopic (exact) mass is 283 g/mol. The van der Waals surface area contributed by atoms with Crippen molar-refractivity contribution >= 4 is 5.82 Å². The van der Waals surface area contributed by atoms with Gasteiger partial charge in [0, 0.05) is 6.20 Å². The number of nitrogens with one attached hydrogen (secondary N) is 1. The maximum atomic E-state index is 11.8. The molecule has 0 spiro atoms. The maximum Gasteiger partial charge on any atom is 0.351 e. The summed E-state index contributed by atoms with van der Waals surface area (Å²) in [6.07, 6.45) is 1.33. The predicted molar refractivity (Wildman–Crippen MR) is 64.9 cm³/mol. The molecule has 1 saturated heterocycles. The molecule has 0 bridgehead atoms. The number of nitrogens with zero attached hydrogens (tertiary/aromatic N) is 2. The normalized spacial score (nSPS) is 29.1. The third kappa shape index (κ3) is 2.26. The Hall–Kier alpha value is -1.96. The van der Waals surface area contributed by atoms with Gasteiger partial charge < -0.3 is 20.1 Å². The van der Waals surface area contributed by atoms with Gasteiger partial charge in [0.1, 0.15) is 18.3 Å². The van der Waals surface area contributed by atoms with Gasteiger partial charge in [-0.3, -0.25) is 15.3 Å². The highest BCUT2D eigenvalue weighted by molar-refractivity contribution is 5.49. The number of aliphatic hydroxyl groups excluding tert-OH is 3. The summed E-state index contributed by atoms with van der Waals surface area (Å²) in [5.41, 5.74) is 0.894. The number of ether oxygens (including phenoxy) is 1. The molecule has 9 heteroatoms. The van der Waals surface area contributed by atoms with Crippen molar-refractivity contribution in [2.24, 2.45) is 0 Å². The second-order valence-electron chi connectivity index (χ2n) is 4.18. The van der Waals surface area contributed by atoms with Gasteiger partial charge in [0.05, 0.1) is 12.2 Å². The second kappa shape index (κ2) is 5.58. The van der Waals surface area contributed by atoms with Gasteiger partial charge in [0.15, 0.2) is 12.0 Å². The van der Waals surface area contributed by atoms with Crippen molar-refractivity contribution in [1.29, 1.82) is 0 Å². The largest absolute Gasteiger partial charge is 0.394 e. The Labute approximate surface area is 113 Å². The zero-order valence-electron chi connectivity index (χ0n) is 10.2. The van der Waals surface area contributed by atoms with Crippen LogP contribution in [0.5, 0.6) is 0 Å². The molecule has 0 saturated carbocycles. The third-order valence-electron chi connectivity index (χ3n) is 3.00. The zero-order valence-corrected chi connectivity index (χ0v) is 10.2. The number of aromatic nitrogens is 2. The summed E-state index contributed by atoms with van der Waals surface area (Å²) < 4.78 is 6.08. The molecule has 5 N–H and O–H groups in total. The van der Waals surface area contributed by atoms with Gasteiger partial charge in [-0.2, -0.15) is 4.98 Å². The zero-order chi connectivity index (χ0) is 14.9. The minimum atomic E-state index is -1.43. The highest BCUT2D eigenvalue weighted by Crippen LogP contribution is 2.28. The third-order valence-corrected chi connectivity index (χ3v) is 3.00. The van der Waals surface area contributed by atoms with Crippen LogP contribution in [0.2, 0.25) is 0 Å². The molecule has 0 amide bonds. The minimum absolute atomic E-state index is 0.0600. The van der Waals surface area contributed by atoms with Crippen LogP contribution in [-0.4, -0.2) is 55.0 Å². The quantitative estimate of drug-likeness (QED) is 0.307. The lowest BCUT2D eigenvalue weighted by Crippen LogP contribution is -2.36. The fourth-order valence-corrected chi connectivity index (χ4v) is 1.95. The first kappa shape index (κ1) is 14.4. The van der Waals surface area contributed by atoms with Crippen molar-refractivity contribution in [3.63, 3.8) is 0 Å². The van der Waals surface area contributed by atoms with Gasteiger partial charge >= 0.3 is 5.69 Å². The molecule has 1 fully saturated rings. The smallest absolute Gasteiger partial charge is 0.351 e. The lowest BCUT2D eigenvalue weighted by molar-refractivity contribution is -0.0549. The van der Waals surface area contributed by atoms with E-state index in [2.05, 4.69) is 10.9 Å². The van der Waals surface area contributed by atoms with Gasteiger partial charge in [0.25, 0.3) is 0 Å². The van der Waals surface area contributed by atoms with Crippen molar-refractivity contribution in [3.8, 4) is 12.3 Å². The minimum Gasteiger partial charge on any atom is -0.394 e. The highest BCUT2D eigenvalue weighted by Gasteiger charge is 2.43. The molecule has 1 aliphatic heterocycles. The molecule has 1 aromatic rings. The predicted octanol–water partition coefficient (Wildman–Crippen LogP) is -2.36.